The van der Waals surface area contributed by atoms with Crippen LogP contribution in [0, 0.1) is 0 Å². The second-order valence-electron chi connectivity index (χ2n) is 5.62. The number of piperidine rings is 1. The van der Waals surface area contributed by atoms with Gasteiger partial charge in [-0.1, -0.05) is 26.2 Å². The molecular formula is C15H31N3O. The smallest absolute Gasteiger partial charge is 0.237 e. The number of unbranched alkanes of at least 4 members (excludes halogenated alkanes) is 2. The fourth-order valence-corrected chi connectivity index (χ4v) is 2.87. The van der Waals surface area contributed by atoms with Crippen LogP contribution in [-0.2, 0) is 4.79 Å². The molecule has 0 saturated carbocycles. The molecule has 19 heavy (non-hydrogen) atoms. The van der Waals surface area contributed by atoms with Gasteiger partial charge in [-0.25, -0.2) is 0 Å². The van der Waals surface area contributed by atoms with E-state index in [1.807, 2.05) is 14.0 Å². The van der Waals surface area contributed by atoms with E-state index in [4.69, 9.17) is 0 Å². The van der Waals surface area contributed by atoms with E-state index >= 15 is 0 Å². The first kappa shape index (κ1) is 16.4. The topological polar surface area (TPSA) is 44.4 Å². The first-order valence-corrected chi connectivity index (χ1v) is 7.88. The third kappa shape index (κ3) is 5.49. The molecule has 112 valence electrons. The second-order valence-corrected chi connectivity index (χ2v) is 5.62. The van der Waals surface area contributed by atoms with Crippen molar-refractivity contribution in [2.75, 3.05) is 26.7 Å². The Morgan fingerprint density at radius 2 is 2.16 bits per heavy atom. The molecule has 0 aromatic rings. The van der Waals surface area contributed by atoms with Crippen molar-refractivity contribution in [1.29, 1.82) is 0 Å². The number of amides is 1. The van der Waals surface area contributed by atoms with Crippen LogP contribution in [0.5, 0.6) is 0 Å². The highest BCUT2D eigenvalue weighted by atomic mass is 16.2. The van der Waals surface area contributed by atoms with Crippen molar-refractivity contribution in [2.24, 2.45) is 0 Å². The van der Waals surface area contributed by atoms with E-state index in [1.54, 1.807) is 0 Å². The molecule has 1 rings (SSSR count). The first-order valence-electron chi connectivity index (χ1n) is 7.88. The third-order valence-electron chi connectivity index (χ3n) is 4.07. The predicted molar refractivity (Wildman–Crippen MR) is 80.3 cm³/mol. The molecule has 2 atom stereocenters. The SMILES string of the molecule is CCCCCNC(=O)C(C)N1CCCCC1CNC. The van der Waals surface area contributed by atoms with E-state index in [2.05, 4.69) is 22.5 Å². The highest BCUT2D eigenvalue weighted by molar-refractivity contribution is 5.81. The van der Waals surface area contributed by atoms with Crippen molar-refractivity contribution in [1.82, 2.24) is 15.5 Å². The summed E-state index contributed by atoms with van der Waals surface area (Å²) in [6.45, 7) is 7.08. The maximum absolute atomic E-state index is 12.2. The quantitative estimate of drug-likeness (QED) is 0.660. The lowest BCUT2D eigenvalue weighted by molar-refractivity contribution is -0.127. The molecule has 4 heteroatoms. The van der Waals surface area contributed by atoms with Gasteiger partial charge in [0.1, 0.15) is 0 Å². The van der Waals surface area contributed by atoms with Gasteiger partial charge in [0, 0.05) is 19.1 Å². The van der Waals surface area contributed by atoms with Crippen molar-refractivity contribution < 1.29 is 4.79 Å². The Balaban J connectivity index is 2.39. The number of rotatable bonds is 8. The average molecular weight is 269 g/mol. The van der Waals surface area contributed by atoms with E-state index < -0.39 is 0 Å². The van der Waals surface area contributed by atoms with Crippen molar-refractivity contribution in [3.05, 3.63) is 0 Å². The molecule has 0 aromatic heterocycles. The number of carbonyl (C=O) groups excluding carboxylic acids is 1. The van der Waals surface area contributed by atoms with Crippen LogP contribution in [0.4, 0.5) is 0 Å². The predicted octanol–water partition coefficient (Wildman–Crippen LogP) is 1.76. The maximum Gasteiger partial charge on any atom is 0.237 e. The zero-order chi connectivity index (χ0) is 14.1. The normalized spacial score (nSPS) is 22.2. The third-order valence-corrected chi connectivity index (χ3v) is 4.07. The summed E-state index contributed by atoms with van der Waals surface area (Å²) in [6, 6.07) is 0.510. The summed E-state index contributed by atoms with van der Waals surface area (Å²) in [5, 5.41) is 6.32. The van der Waals surface area contributed by atoms with Crippen LogP contribution in [0.2, 0.25) is 0 Å². The minimum absolute atomic E-state index is 0.000256. The Bertz CT molecular complexity index is 256. The zero-order valence-corrected chi connectivity index (χ0v) is 12.9. The summed E-state index contributed by atoms with van der Waals surface area (Å²) in [6.07, 6.45) is 7.19. The van der Waals surface area contributed by atoms with Crippen LogP contribution in [0.15, 0.2) is 0 Å². The zero-order valence-electron chi connectivity index (χ0n) is 12.9. The van der Waals surface area contributed by atoms with Crippen LogP contribution < -0.4 is 10.6 Å². The Hall–Kier alpha value is -0.610. The van der Waals surface area contributed by atoms with Crippen molar-refractivity contribution in [2.45, 2.75) is 64.5 Å². The van der Waals surface area contributed by atoms with Gasteiger partial charge in [0.2, 0.25) is 5.91 Å². The molecule has 0 aromatic carbocycles. The summed E-state index contributed by atoms with van der Waals surface area (Å²) in [7, 11) is 1.99. The van der Waals surface area contributed by atoms with Crippen molar-refractivity contribution in [3.63, 3.8) is 0 Å². The number of nitrogens with one attached hydrogen (secondary N) is 2. The van der Waals surface area contributed by atoms with E-state index in [-0.39, 0.29) is 11.9 Å². The van der Waals surface area contributed by atoms with Gasteiger partial charge >= 0.3 is 0 Å². The van der Waals surface area contributed by atoms with Gasteiger partial charge in [0.05, 0.1) is 6.04 Å². The summed E-state index contributed by atoms with van der Waals surface area (Å²) in [4.78, 5) is 14.6. The lowest BCUT2D eigenvalue weighted by Crippen LogP contribution is -2.54. The largest absolute Gasteiger partial charge is 0.355 e. The summed E-state index contributed by atoms with van der Waals surface area (Å²) >= 11 is 0. The van der Waals surface area contributed by atoms with Gasteiger partial charge in [0.25, 0.3) is 0 Å². The highest BCUT2D eigenvalue weighted by Gasteiger charge is 2.29. The monoisotopic (exact) mass is 269 g/mol. The molecule has 1 fully saturated rings. The Labute approximate surface area is 118 Å². The number of hydrogen-bond donors (Lipinski definition) is 2. The van der Waals surface area contributed by atoms with Crippen molar-refractivity contribution >= 4 is 5.91 Å². The van der Waals surface area contributed by atoms with Gasteiger partial charge in [0.15, 0.2) is 0 Å². The number of carbonyl (C=O) groups is 1. The first-order chi connectivity index (χ1) is 9.20. The number of hydrogen-bond acceptors (Lipinski definition) is 3. The molecule has 2 unspecified atom stereocenters. The molecule has 0 aliphatic carbocycles. The molecule has 0 spiro atoms. The lowest BCUT2D eigenvalue weighted by Gasteiger charge is -2.39. The van der Waals surface area contributed by atoms with Crippen LogP contribution in [0.3, 0.4) is 0 Å². The lowest BCUT2D eigenvalue weighted by atomic mass is 9.99. The van der Waals surface area contributed by atoms with Gasteiger partial charge in [-0.15, -0.1) is 0 Å². The Kier molecular flexibility index (Phi) is 8.07. The Morgan fingerprint density at radius 3 is 2.84 bits per heavy atom. The van der Waals surface area contributed by atoms with Gasteiger partial charge in [-0.2, -0.15) is 0 Å². The molecule has 1 aliphatic heterocycles. The van der Waals surface area contributed by atoms with Gasteiger partial charge in [-0.3, -0.25) is 9.69 Å². The van der Waals surface area contributed by atoms with Gasteiger partial charge in [-0.05, 0) is 39.8 Å². The molecule has 1 saturated heterocycles. The molecule has 1 aliphatic rings. The minimum Gasteiger partial charge on any atom is -0.355 e. The molecule has 1 amide bonds. The summed E-state index contributed by atoms with van der Waals surface area (Å²) in [5.74, 6) is 0.194. The number of nitrogens with zero attached hydrogens (tertiary/aromatic N) is 1. The maximum atomic E-state index is 12.2. The molecule has 2 N–H and O–H groups in total. The van der Waals surface area contributed by atoms with Crippen LogP contribution in [0.25, 0.3) is 0 Å². The highest BCUT2D eigenvalue weighted by Crippen LogP contribution is 2.19. The summed E-state index contributed by atoms with van der Waals surface area (Å²) in [5.41, 5.74) is 0. The van der Waals surface area contributed by atoms with Crippen molar-refractivity contribution in [3.8, 4) is 0 Å². The molecular weight excluding hydrogens is 238 g/mol. The number of likely N-dealkylation sites (N-methyl/N-ethyl adjacent to an activating group) is 1. The Morgan fingerprint density at radius 1 is 1.37 bits per heavy atom. The van der Waals surface area contributed by atoms with E-state index in [1.165, 1.54) is 32.1 Å². The fourth-order valence-electron chi connectivity index (χ4n) is 2.87. The van der Waals surface area contributed by atoms with E-state index in [0.717, 1.165) is 26.1 Å². The molecule has 4 nitrogen and oxygen atoms in total. The van der Waals surface area contributed by atoms with E-state index in [0.29, 0.717) is 6.04 Å². The number of likely N-dealkylation sites (tertiary alicyclic amines) is 1. The second kappa shape index (κ2) is 9.32. The van der Waals surface area contributed by atoms with E-state index in [9.17, 15) is 4.79 Å². The van der Waals surface area contributed by atoms with Crippen LogP contribution in [0.1, 0.15) is 52.4 Å². The minimum atomic E-state index is 0.000256. The van der Waals surface area contributed by atoms with Crippen LogP contribution >= 0.6 is 0 Å². The summed E-state index contributed by atoms with van der Waals surface area (Å²) < 4.78 is 0. The molecule has 0 bridgehead atoms. The molecule has 1 heterocycles. The fraction of sp³-hybridized carbons (Fsp3) is 0.933. The average Bonchev–Trinajstić information content (AvgIpc) is 2.43. The van der Waals surface area contributed by atoms with Crippen LogP contribution in [-0.4, -0.2) is 49.6 Å². The van der Waals surface area contributed by atoms with Gasteiger partial charge < -0.3 is 10.6 Å². The standard InChI is InChI=1S/C15H31N3O/c1-4-5-7-10-17-15(19)13(2)18-11-8-6-9-14(18)12-16-3/h13-14,16H,4-12H2,1-3H3,(H,17,19). The molecule has 0 radical (unpaired) electrons.